The van der Waals surface area contributed by atoms with Crippen molar-refractivity contribution in [2.24, 2.45) is 0 Å². The van der Waals surface area contributed by atoms with Crippen LogP contribution in [0.1, 0.15) is 57.3 Å². The van der Waals surface area contributed by atoms with Crippen molar-refractivity contribution in [3.63, 3.8) is 0 Å². The first-order valence-corrected chi connectivity index (χ1v) is 8.34. The summed E-state index contributed by atoms with van der Waals surface area (Å²) >= 11 is 0. The quantitative estimate of drug-likeness (QED) is 0.844. The predicted molar refractivity (Wildman–Crippen MR) is 87.0 cm³/mol. The van der Waals surface area contributed by atoms with Crippen molar-refractivity contribution < 1.29 is 27.8 Å². The molecule has 1 aliphatic rings. The summed E-state index contributed by atoms with van der Waals surface area (Å²) in [7, 11) is 0. The maximum absolute atomic E-state index is 12.7. The zero-order valence-corrected chi connectivity index (χ0v) is 14.6. The number of carbonyl (C=O) groups is 1. The second kappa shape index (κ2) is 7.23. The van der Waals surface area contributed by atoms with Crippen LogP contribution in [0, 0.1) is 0 Å². The van der Waals surface area contributed by atoms with E-state index in [-0.39, 0.29) is 0 Å². The maximum atomic E-state index is 12.7. The number of carbonyl (C=O) groups excluding carboxylic acids is 1. The van der Waals surface area contributed by atoms with E-state index < -0.39 is 35.6 Å². The number of benzene rings is 1. The van der Waals surface area contributed by atoms with Crippen LogP contribution in [0.25, 0.3) is 0 Å². The first kappa shape index (κ1) is 19.6. The Bertz CT molecular complexity index is 593. The summed E-state index contributed by atoms with van der Waals surface area (Å²) in [5.74, 6) is 0. The number of hydrogen-bond acceptors (Lipinski definition) is 3. The van der Waals surface area contributed by atoms with Gasteiger partial charge in [-0.25, -0.2) is 4.79 Å². The van der Waals surface area contributed by atoms with E-state index in [0.29, 0.717) is 18.5 Å². The van der Waals surface area contributed by atoms with Crippen LogP contribution in [-0.2, 0) is 10.9 Å². The fourth-order valence-corrected chi connectivity index (χ4v) is 2.92. The van der Waals surface area contributed by atoms with Gasteiger partial charge in [-0.15, -0.1) is 0 Å². The number of halogens is 3. The third-order valence-electron chi connectivity index (χ3n) is 4.12. The van der Waals surface area contributed by atoms with E-state index in [0.717, 1.165) is 25.0 Å². The molecule has 0 spiro atoms. The molecule has 0 radical (unpaired) electrons. The van der Waals surface area contributed by atoms with E-state index in [1.165, 1.54) is 17.0 Å². The zero-order valence-electron chi connectivity index (χ0n) is 14.6. The Morgan fingerprint density at radius 3 is 2.32 bits per heavy atom. The van der Waals surface area contributed by atoms with Crippen LogP contribution >= 0.6 is 0 Å². The molecule has 4 nitrogen and oxygen atoms in total. The van der Waals surface area contributed by atoms with Crippen LogP contribution in [-0.4, -0.2) is 34.3 Å². The van der Waals surface area contributed by atoms with Gasteiger partial charge in [-0.3, -0.25) is 0 Å². The number of aliphatic hydroxyl groups is 1. The summed E-state index contributed by atoms with van der Waals surface area (Å²) in [5.41, 5.74) is -1.07. The molecule has 1 aromatic rings. The summed E-state index contributed by atoms with van der Waals surface area (Å²) in [5, 5.41) is 10.6. The summed E-state index contributed by atoms with van der Waals surface area (Å²) < 4.78 is 43.4. The summed E-state index contributed by atoms with van der Waals surface area (Å²) in [4.78, 5) is 13.9. The van der Waals surface area contributed by atoms with Gasteiger partial charge in [-0.2, -0.15) is 13.2 Å². The molecule has 1 fully saturated rings. The fourth-order valence-electron chi connectivity index (χ4n) is 2.92. The van der Waals surface area contributed by atoms with Gasteiger partial charge in [0.1, 0.15) is 5.60 Å². The Kier molecular flexibility index (Phi) is 5.66. The molecule has 2 unspecified atom stereocenters. The molecule has 1 aromatic carbocycles. The molecule has 7 heteroatoms. The minimum absolute atomic E-state index is 0.355. The maximum Gasteiger partial charge on any atom is 0.416 e. The Morgan fingerprint density at radius 2 is 1.80 bits per heavy atom. The summed E-state index contributed by atoms with van der Waals surface area (Å²) in [6.07, 6.45) is -3.78. The number of rotatable bonds is 2. The summed E-state index contributed by atoms with van der Waals surface area (Å²) in [6.45, 7) is 5.74. The highest BCUT2D eigenvalue weighted by molar-refractivity contribution is 5.68. The monoisotopic (exact) mass is 359 g/mol. The van der Waals surface area contributed by atoms with Crippen molar-refractivity contribution in [1.29, 1.82) is 0 Å². The molecule has 1 heterocycles. The van der Waals surface area contributed by atoms with Crippen LogP contribution in [0.4, 0.5) is 18.0 Å². The predicted octanol–water partition coefficient (Wildman–Crippen LogP) is 4.53. The Labute approximate surface area is 145 Å². The number of ether oxygens (including phenoxy) is 1. The number of alkyl halides is 3. The molecule has 1 aliphatic heterocycles. The SMILES string of the molecule is CC(C)(C)OC(=O)N1CCCCC1C(O)c1ccc(C(F)(F)F)cc1. The molecule has 0 saturated carbocycles. The van der Waals surface area contributed by atoms with E-state index in [9.17, 15) is 23.1 Å². The average Bonchev–Trinajstić information content (AvgIpc) is 2.52. The lowest BCUT2D eigenvalue weighted by Crippen LogP contribution is -2.48. The highest BCUT2D eigenvalue weighted by Crippen LogP contribution is 2.33. The van der Waals surface area contributed by atoms with E-state index in [4.69, 9.17) is 4.74 Å². The van der Waals surface area contributed by atoms with Crippen LogP contribution in [0.5, 0.6) is 0 Å². The van der Waals surface area contributed by atoms with Gasteiger partial charge < -0.3 is 14.7 Å². The highest BCUT2D eigenvalue weighted by Gasteiger charge is 2.36. The highest BCUT2D eigenvalue weighted by atomic mass is 19.4. The number of nitrogens with zero attached hydrogens (tertiary/aromatic N) is 1. The van der Waals surface area contributed by atoms with Crippen molar-refractivity contribution in [3.8, 4) is 0 Å². The molecular formula is C18H24F3NO3. The lowest BCUT2D eigenvalue weighted by Gasteiger charge is -2.39. The molecular weight excluding hydrogens is 335 g/mol. The first-order valence-electron chi connectivity index (χ1n) is 8.34. The van der Waals surface area contributed by atoms with E-state index in [2.05, 4.69) is 0 Å². The molecule has 2 atom stereocenters. The molecule has 25 heavy (non-hydrogen) atoms. The smallest absolute Gasteiger partial charge is 0.416 e. The van der Waals surface area contributed by atoms with Crippen LogP contribution in [0.15, 0.2) is 24.3 Å². The van der Waals surface area contributed by atoms with E-state index in [1.54, 1.807) is 20.8 Å². The normalized spacial score (nSPS) is 20.3. The molecule has 0 aliphatic carbocycles. The molecule has 2 rings (SSSR count). The lowest BCUT2D eigenvalue weighted by atomic mass is 9.93. The van der Waals surface area contributed by atoms with Gasteiger partial charge in [0.2, 0.25) is 0 Å². The van der Waals surface area contributed by atoms with Crippen molar-refractivity contribution in [2.75, 3.05) is 6.54 Å². The van der Waals surface area contributed by atoms with E-state index >= 15 is 0 Å². The largest absolute Gasteiger partial charge is 0.444 e. The second-order valence-electron chi connectivity index (χ2n) is 7.30. The minimum Gasteiger partial charge on any atom is -0.444 e. The number of aliphatic hydroxyl groups excluding tert-OH is 1. The molecule has 1 N–H and O–H groups in total. The zero-order chi connectivity index (χ0) is 18.8. The number of piperidine rings is 1. The van der Waals surface area contributed by atoms with Gasteiger partial charge in [0, 0.05) is 6.54 Å². The van der Waals surface area contributed by atoms with Crippen LogP contribution in [0.3, 0.4) is 0 Å². The molecule has 1 saturated heterocycles. The van der Waals surface area contributed by atoms with Crippen molar-refractivity contribution >= 4 is 6.09 Å². The lowest BCUT2D eigenvalue weighted by molar-refractivity contribution is -0.137. The van der Waals surface area contributed by atoms with E-state index in [1.807, 2.05) is 0 Å². The summed E-state index contributed by atoms with van der Waals surface area (Å²) in [6, 6.07) is 3.89. The number of hydrogen-bond donors (Lipinski definition) is 1. The molecule has 140 valence electrons. The van der Waals surface area contributed by atoms with Crippen LogP contribution < -0.4 is 0 Å². The average molecular weight is 359 g/mol. The first-order chi connectivity index (χ1) is 11.5. The van der Waals surface area contributed by atoms with Gasteiger partial charge in [0.05, 0.1) is 17.7 Å². The van der Waals surface area contributed by atoms with Crippen molar-refractivity contribution in [3.05, 3.63) is 35.4 Å². The van der Waals surface area contributed by atoms with Crippen molar-refractivity contribution in [2.45, 2.75) is 64.0 Å². The third-order valence-corrected chi connectivity index (χ3v) is 4.12. The number of likely N-dealkylation sites (tertiary alicyclic amines) is 1. The Morgan fingerprint density at radius 1 is 1.20 bits per heavy atom. The molecule has 1 amide bonds. The van der Waals surface area contributed by atoms with Crippen LogP contribution in [0.2, 0.25) is 0 Å². The number of amides is 1. The van der Waals surface area contributed by atoms with Gasteiger partial charge in [-0.1, -0.05) is 12.1 Å². The van der Waals surface area contributed by atoms with Gasteiger partial charge in [0.15, 0.2) is 0 Å². The van der Waals surface area contributed by atoms with Gasteiger partial charge >= 0.3 is 12.3 Å². The standard InChI is InChI=1S/C18H24F3NO3/c1-17(2,3)25-16(24)22-11-5-4-6-14(22)15(23)12-7-9-13(10-8-12)18(19,20)21/h7-10,14-15,23H,4-6,11H2,1-3H3. The Hall–Kier alpha value is -1.76. The second-order valence-corrected chi connectivity index (χ2v) is 7.30. The van der Waals surface area contributed by atoms with Gasteiger partial charge in [0.25, 0.3) is 0 Å². The van der Waals surface area contributed by atoms with Crippen molar-refractivity contribution in [1.82, 2.24) is 4.90 Å². The molecule has 0 bridgehead atoms. The van der Waals surface area contributed by atoms with Gasteiger partial charge in [-0.05, 0) is 57.7 Å². The minimum atomic E-state index is -4.42. The third kappa shape index (κ3) is 5.11. The fraction of sp³-hybridized carbons (Fsp3) is 0.611. The Balaban J connectivity index is 2.17. The topological polar surface area (TPSA) is 49.8 Å². The molecule has 0 aromatic heterocycles.